The minimum atomic E-state index is -1.65. The van der Waals surface area contributed by atoms with Gasteiger partial charge in [0.1, 0.15) is 23.8 Å². The summed E-state index contributed by atoms with van der Waals surface area (Å²) >= 11 is 0. The van der Waals surface area contributed by atoms with Crippen LogP contribution in [0.5, 0.6) is 0 Å². The number of anilines is 1. The molecule has 1 aliphatic rings. The van der Waals surface area contributed by atoms with Crippen LogP contribution in [0, 0.1) is 11.3 Å². The molecule has 11 heteroatoms. The first-order valence-electron chi connectivity index (χ1n) is 12.1. The number of hydrogen-bond acceptors (Lipinski definition) is 7. The fourth-order valence-corrected chi connectivity index (χ4v) is 4.24. The Hall–Kier alpha value is -4.04. The van der Waals surface area contributed by atoms with Gasteiger partial charge in [0.2, 0.25) is 5.91 Å². The zero-order valence-electron chi connectivity index (χ0n) is 21.0. The molecule has 0 unspecified atom stereocenters. The fourth-order valence-electron chi connectivity index (χ4n) is 4.24. The molecule has 0 saturated carbocycles. The normalized spacial score (nSPS) is 15.3. The first-order chi connectivity index (χ1) is 17.6. The van der Waals surface area contributed by atoms with Gasteiger partial charge in [0.15, 0.2) is 0 Å². The lowest BCUT2D eigenvalue weighted by atomic mass is 10.0. The summed E-state index contributed by atoms with van der Waals surface area (Å²) in [6, 6.07) is 8.97. The molecule has 194 valence electrons. The molecule has 4 heterocycles. The summed E-state index contributed by atoms with van der Waals surface area (Å²) in [7, 11) is 0. The first kappa shape index (κ1) is 26.0. The third-order valence-corrected chi connectivity index (χ3v) is 6.55. The van der Waals surface area contributed by atoms with Crippen molar-refractivity contribution >= 4 is 28.5 Å². The van der Waals surface area contributed by atoms with Crippen molar-refractivity contribution in [2.45, 2.75) is 51.4 Å². The third kappa shape index (κ3) is 5.86. The Bertz CT molecular complexity index is 1350. The van der Waals surface area contributed by atoms with Crippen LogP contribution in [0.15, 0.2) is 36.7 Å². The zero-order valence-corrected chi connectivity index (χ0v) is 21.0. The van der Waals surface area contributed by atoms with Crippen LogP contribution in [-0.4, -0.2) is 73.8 Å². The quantitative estimate of drug-likeness (QED) is 0.447. The van der Waals surface area contributed by atoms with Crippen LogP contribution < -0.4 is 10.6 Å². The van der Waals surface area contributed by atoms with Crippen molar-refractivity contribution in [2.75, 3.05) is 25.0 Å². The van der Waals surface area contributed by atoms with Crippen LogP contribution in [0.1, 0.15) is 49.7 Å². The monoisotopic (exact) mass is 507 g/mol. The summed E-state index contributed by atoms with van der Waals surface area (Å²) in [6.45, 7) is 5.10. The van der Waals surface area contributed by atoms with Gasteiger partial charge in [-0.25, -0.2) is 14.4 Å². The molecule has 4 rings (SSSR count). The van der Waals surface area contributed by atoms with E-state index in [9.17, 15) is 19.1 Å². The Kier molecular flexibility index (Phi) is 7.40. The van der Waals surface area contributed by atoms with Crippen LogP contribution in [0.4, 0.5) is 10.1 Å². The van der Waals surface area contributed by atoms with E-state index < -0.39 is 17.7 Å². The Morgan fingerprint density at radius 1 is 1.30 bits per heavy atom. The van der Waals surface area contributed by atoms with Gasteiger partial charge in [-0.05, 0) is 44.9 Å². The number of pyridine rings is 2. The number of aliphatic hydroxyl groups is 1. The van der Waals surface area contributed by atoms with Crippen molar-refractivity contribution in [1.29, 1.82) is 5.26 Å². The maximum absolute atomic E-state index is 14.3. The second kappa shape index (κ2) is 10.5. The number of carbonyl (C=O) groups excluding carboxylic acids is 2. The number of rotatable bonds is 7. The second-order valence-corrected chi connectivity index (χ2v) is 9.74. The zero-order chi connectivity index (χ0) is 26.7. The number of hydrogen-bond donors (Lipinski definition) is 3. The number of piperidine rings is 1. The number of likely N-dealkylation sites (tertiary alicyclic amines) is 1. The van der Waals surface area contributed by atoms with E-state index in [2.05, 4.69) is 20.6 Å². The molecular formula is C26H30FN7O3. The predicted octanol–water partition coefficient (Wildman–Crippen LogP) is 2.55. The number of alkyl halides is 1. The lowest BCUT2D eigenvalue weighted by molar-refractivity contribution is -0.129. The van der Waals surface area contributed by atoms with Gasteiger partial charge in [-0.1, -0.05) is 0 Å². The molecule has 0 aliphatic carbocycles. The molecule has 3 aromatic rings. The van der Waals surface area contributed by atoms with Crippen LogP contribution >= 0.6 is 0 Å². The van der Waals surface area contributed by atoms with E-state index >= 15 is 0 Å². The Morgan fingerprint density at radius 2 is 2.03 bits per heavy atom. The highest BCUT2D eigenvalue weighted by molar-refractivity contribution is 5.99. The lowest BCUT2D eigenvalue weighted by Crippen LogP contribution is -2.43. The molecule has 1 atom stereocenters. The average molecular weight is 508 g/mol. The van der Waals surface area contributed by atoms with Crippen LogP contribution in [0.2, 0.25) is 0 Å². The van der Waals surface area contributed by atoms with Gasteiger partial charge in [0.05, 0.1) is 34.4 Å². The fraction of sp³-hybridized carbons (Fsp3) is 0.423. The van der Waals surface area contributed by atoms with Crippen molar-refractivity contribution in [3.8, 4) is 11.9 Å². The van der Waals surface area contributed by atoms with Gasteiger partial charge in [0.25, 0.3) is 5.91 Å². The van der Waals surface area contributed by atoms with E-state index in [1.54, 1.807) is 46.9 Å². The van der Waals surface area contributed by atoms with E-state index in [0.717, 1.165) is 5.52 Å². The molecule has 1 aliphatic heterocycles. The van der Waals surface area contributed by atoms with Crippen LogP contribution in [0.25, 0.3) is 16.9 Å². The van der Waals surface area contributed by atoms with E-state index in [-0.39, 0.29) is 24.1 Å². The Labute approximate surface area is 214 Å². The van der Waals surface area contributed by atoms with Crippen molar-refractivity contribution in [2.24, 2.45) is 0 Å². The van der Waals surface area contributed by atoms with E-state index in [1.165, 1.54) is 20.0 Å². The highest BCUT2D eigenvalue weighted by Crippen LogP contribution is 2.25. The van der Waals surface area contributed by atoms with Gasteiger partial charge in [-0.15, -0.1) is 0 Å². The number of aromatic nitrogens is 3. The predicted molar refractivity (Wildman–Crippen MR) is 136 cm³/mol. The topological polar surface area (TPSA) is 136 Å². The minimum absolute atomic E-state index is 0.0176. The maximum Gasteiger partial charge on any atom is 0.255 e. The molecule has 0 radical (unpaired) electrons. The van der Waals surface area contributed by atoms with Gasteiger partial charge < -0.3 is 20.6 Å². The Morgan fingerprint density at radius 3 is 2.68 bits per heavy atom. The van der Waals surface area contributed by atoms with Crippen molar-refractivity contribution in [3.05, 3.63) is 47.9 Å². The number of nitrogens with one attached hydrogen (secondary N) is 2. The summed E-state index contributed by atoms with van der Waals surface area (Å²) in [5.41, 5.74) is 0.856. The molecular weight excluding hydrogens is 477 g/mol. The SMILES string of the molecule is CC(=O)N1CCC(Nc2cc(-n3ccc4nc(C#N)ccc43)ncc2C(=O)NC[C@@H](F)C(C)(C)O)CC1. The maximum atomic E-state index is 14.3. The third-order valence-electron chi connectivity index (χ3n) is 6.55. The Balaban J connectivity index is 1.63. The van der Waals surface area contributed by atoms with E-state index in [4.69, 9.17) is 5.26 Å². The van der Waals surface area contributed by atoms with Gasteiger partial charge in [-0.2, -0.15) is 5.26 Å². The summed E-state index contributed by atoms with van der Waals surface area (Å²) < 4.78 is 16.1. The van der Waals surface area contributed by atoms with Crippen molar-refractivity contribution in [1.82, 2.24) is 24.8 Å². The highest BCUT2D eigenvalue weighted by atomic mass is 19.1. The summed E-state index contributed by atoms with van der Waals surface area (Å²) in [5.74, 6) is 0.0406. The molecule has 0 aromatic carbocycles. The second-order valence-electron chi connectivity index (χ2n) is 9.74. The molecule has 10 nitrogen and oxygen atoms in total. The number of nitrogens with zero attached hydrogens (tertiary/aromatic N) is 5. The van der Waals surface area contributed by atoms with Gasteiger partial charge in [-0.3, -0.25) is 14.2 Å². The molecule has 1 fully saturated rings. The van der Waals surface area contributed by atoms with Crippen LogP contribution in [0.3, 0.4) is 0 Å². The smallest absolute Gasteiger partial charge is 0.255 e. The van der Waals surface area contributed by atoms with Gasteiger partial charge >= 0.3 is 0 Å². The number of nitriles is 1. The highest BCUT2D eigenvalue weighted by Gasteiger charge is 2.28. The van der Waals surface area contributed by atoms with Crippen molar-refractivity contribution < 1.29 is 19.1 Å². The minimum Gasteiger partial charge on any atom is -0.387 e. The van der Waals surface area contributed by atoms with E-state index in [0.29, 0.717) is 48.6 Å². The molecule has 3 aromatic heterocycles. The standard InChI is InChI=1S/C26H30FN7O3/c1-16(35)33-9-6-17(7-10-33)31-21-12-24(34-11-8-20-22(34)5-4-18(13-28)32-20)29-14-19(21)25(36)30-15-23(27)26(2,3)37/h4-5,8,11-12,14,17,23,37H,6-7,9-10,15H2,1-3H3,(H,29,31)(H,30,36)/t23-/m1/s1. The number of amides is 2. The summed E-state index contributed by atoms with van der Waals surface area (Å²) in [6.07, 6.45) is 2.98. The lowest BCUT2D eigenvalue weighted by Gasteiger charge is -2.32. The number of carbonyl (C=O) groups is 2. The first-order valence-corrected chi connectivity index (χ1v) is 12.1. The molecule has 2 amide bonds. The number of halogens is 1. The largest absolute Gasteiger partial charge is 0.387 e. The number of fused-ring (bicyclic) bond motifs is 1. The molecule has 0 bridgehead atoms. The van der Waals surface area contributed by atoms with E-state index in [1.807, 2.05) is 6.07 Å². The summed E-state index contributed by atoms with van der Waals surface area (Å²) in [5, 5.41) is 25.0. The molecule has 37 heavy (non-hydrogen) atoms. The van der Waals surface area contributed by atoms with Crippen LogP contribution in [-0.2, 0) is 4.79 Å². The molecule has 3 N–H and O–H groups in total. The van der Waals surface area contributed by atoms with Gasteiger partial charge in [0, 0.05) is 44.5 Å². The average Bonchev–Trinajstić information content (AvgIpc) is 3.30. The van der Waals surface area contributed by atoms with Crippen molar-refractivity contribution in [3.63, 3.8) is 0 Å². The molecule has 1 saturated heterocycles. The molecule has 0 spiro atoms. The summed E-state index contributed by atoms with van der Waals surface area (Å²) in [4.78, 5) is 35.3.